The number of allylic oxidation sites excluding steroid dienone is 2. The number of rotatable bonds is 4. The largest absolute Gasteiger partial charge is 0.348 e. The van der Waals surface area contributed by atoms with Gasteiger partial charge in [-0.1, -0.05) is 51.5 Å². The van der Waals surface area contributed by atoms with E-state index in [9.17, 15) is 9.59 Å². The molecule has 0 aromatic rings. The number of carbonyl (C=O) groups excluding carboxylic acids is 2. The van der Waals surface area contributed by atoms with Crippen LogP contribution in [0.3, 0.4) is 0 Å². The molecule has 5 nitrogen and oxygen atoms in total. The van der Waals surface area contributed by atoms with Gasteiger partial charge in [0.25, 0.3) is 0 Å². The van der Waals surface area contributed by atoms with Crippen LogP contribution in [0.5, 0.6) is 0 Å². The number of hydrogen-bond acceptors (Lipinski definition) is 3. The van der Waals surface area contributed by atoms with Crippen LogP contribution in [0.1, 0.15) is 53.4 Å². The van der Waals surface area contributed by atoms with Crippen LogP contribution in [0.15, 0.2) is 23.8 Å². The van der Waals surface area contributed by atoms with Crippen molar-refractivity contribution < 1.29 is 9.59 Å². The van der Waals surface area contributed by atoms with Crippen LogP contribution in [0.25, 0.3) is 0 Å². The van der Waals surface area contributed by atoms with Crippen LogP contribution in [0.2, 0.25) is 0 Å². The number of nitrogens with zero attached hydrogens (tertiary/aromatic N) is 1. The van der Waals surface area contributed by atoms with Crippen molar-refractivity contribution in [3.8, 4) is 0 Å². The molecule has 23 heavy (non-hydrogen) atoms. The Kier molecular flexibility index (Phi) is 12.0. The fraction of sp³-hybridized carbons (Fsp3) is 0.667. The highest BCUT2D eigenvalue weighted by Crippen LogP contribution is 2.17. The molecule has 0 aromatic carbocycles. The average molecular weight is 323 g/mol. The summed E-state index contributed by atoms with van der Waals surface area (Å²) in [6.45, 7) is 9.47. The molecule has 0 aromatic heterocycles. The van der Waals surface area contributed by atoms with E-state index in [2.05, 4.69) is 24.4 Å². The van der Waals surface area contributed by atoms with Gasteiger partial charge in [-0.2, -0.15) is 0 Å². The molecule has 132 valence electrons. The maximum Gasteiger partial charge on any atom is 0.243 e. The van der Waals surface area contributed by atoms with Gasteiger partial charge in [-0.3, -0.25) is 9.59 Å². The van der Waals surface area contributed by atoms with Crippen molar-refractivity contribution >= 4 is 12.3 Å². The molecule has 1 saturated heterocycles. The molecule has 2 aliphatic rings. The molecule has 0 spiro atoms. The highest BCUT2D eigenvalue weighted by Gasteiger charge is 2.30. The summed E-state index contributed by atoms with van der Waals surface area (Å²) < 4.78 is 0. The van der Waals surface area contributed by atoms with E-state index in [1.165, 1.54) is 5.57 Å². The molecule has 1 heterocycles. The predicted octanol–water partition coefficient (Wildman–Crippen LogP) is 2.38. The second kappa shape index (κ2) is 12.9. The van der Waals surface area contributed by atoms with E-state index < -0.39 is 0 Å². The number of carbonyl (C=O) groups is 2. The molecule has 2 rings (SSSR count). The summed E-state index contributed by atoms with van der Waals surface area (Å²) >= 11 is 0. The monoisotopic (exact) mass is 323 g/mol. The highest BCUT2D eigenvalue weighted by atomic mass is 16.2. The normalized spacial score (nSPS) is 22.1. The molecule has 2 atom stereocenters. The summed E-state index contributed by atoms with van der Waals surface area (Å²) in [4.78, 5) is 24.5. The smallest absolute Gasteiger partial charge is 0.243 e. The molecule has 2 unspecified atom stereocenters. The van der Waals surface area contributed by atoms with Crippen molar-refractivity contribution in [3.05, 3.63) is 23.8 Å². The van der Waals surface area contributed by atoms with E-state index in [4.69, 9.17) is 5.73 Å². The zero-order chi connectivity index (χ0) is 17.7. The van der Waals surface area contributed by atoms with Crippen LogP contribution < -0.4 is 11.1 Å². The Labute approximate surface area is 141 Å². The number of hydrogen-bond donors (Lipinski definition) is 2. The number of nitrogens with one attached hydrogen (secondary N) is 1. The zero-order valence-electron chi connectivity index (χ0n) is 15.0. The number of amides is 2. The van der Waals surface area contributed by atoms with Gasteiger partial charge < -0.3 is 16.0 Å². The van der Waals surface area contributed by atoms with Gasteiger partial charge in [-0.15, -0.1) is 0 Å². The van der Waals surface area contributed by atoms with E-state index >= 15 is 0 Å². The number of likely N-dealkylation sites (tertiary alicyclic amines) is 1. The minimum atomic E-state index is -0.271. The van der Waals surface area contributed by atoms with Gasteiger partial charge >= 0.3 is 0 Å². The summed E-state index contributed by atoms with van der Waals surface area (Å²) in [7, 11) is 0. The first-order chi connectivity index (χ1) is 11.2. The van der Waals surface area contributed by atoms with Crippen molar-refractivity contribution in [2.75, 3.05) is 13.1 Å². The number of nitrogens with two attached hydrogens (primary N) is 1. The average Bonchev–Trinajstić information content (AvgIpc) is 3.07. The molecular weight excluding hydrogens is 290 g/mol. The van der Waals surface area contributed by atoms with Crippen LogP contribution in [-0.4, -0.2) is 42.4 Å². The second-order valence-corrected chi connectivity index (χ2v) is 5.25. The lowest BCUT2D eigenvalue weighted by atomic mass is 10.0. The Morgan fingerprint density at radius 2 is 2.09 bits per heavy atom. The summed E-state index contributed by atoms with van der Waals surface area (Å²) in [6, 6.07) is -0.200. The molecule has 1 aliphatic heterocycles. The maximum atomic E-state index is 12.1. The first kappa shape index (κ1) is 21.4. The third-order valence-corrected chi connectivity index (χ3v) is 3.64. The Balaban J connectivity index is 0.000000868. The molecule has 1 aliphatic carbocycles. The zero-order valence-corrected chi connectivity index (χ0v) is 15.0. The molecular formula is C18H33N3O2. The van der Waals surface area contributed by atoms with Crippen LogP contribution >= 0.6 is 0 Å². The van der Waals surface area contributed by atoms with E-state index in [0.717, 1.165) is 38.6 Å². The predicted molar refractivity (Wildman–Crippen MR) is 95.9 cm³/mol. The van der Waals surface area contributed by atoms with Gasteiger partial charge in [0.2, 0.25) is 12.3 Å². The Hall–Kier alpha value is -1.62. The summed E-state index contributed by atoms with van der Waals surface area (Å²) in [6.07, 6.45) is 10.6. The summed E-state index contributed by atoms with van der Waals surface area (Å²) in [5, 5.41) is 3.00. The molecule has 0 bridgehead atoms. The standard InChI is InChI=1S/C14H20N2O2.C2H7N.C2H6/c1-2-11-5-7-12(8-6-11)15-14(18)13-4-3-9-16(13)10-17;1-2-3;1-2/h5-7,10,12-13H,2-4,8-9H2,1H3,(H,15,18);2-3H2,1H3;1-2H3. The van der Waals surface area contributed by atoms with Crippen molar-refractivity contribution in [3.63, 3.8) is 0 Å². The molecule has 0 saturated carbocycles. The Morgan fingerprint density at radius 1 is 1.43 bits per heavy atom. The third kappa shape index (κ3) is 7.46. The topological polar surface area (TPSA) is 75.4 Å². The van der Waals surface area contributed by atoms with Gasteiger partial charge in [-0.05, 0) is 32.2 Å². The lowest BCUT2D eigenvalue weighted by Gasteiger charge is -2.23. The SMILES string of the molecule is CC.CCC1=CCC(NC(=O)C2CCCN2C=O)C=C1.CCN. The van der Waals surface area contributed by atoms with Crippen molar-refractivity contribution in [1.82, 2.24) is 10.2 Å². The summed E-state index contributed by atoms with van der Waals surface area (Å²) in [5.74, 6) is -0.0254. The van der Waals surface area contributed by atoms with E-state index in [-0.39, 0.29) is 18.0 Å². The van der Waals surface area contributed by atoms with Crippen molar-refractivity contribution in [2.24, 2.45) is 5.73 Å². The van der Waals surface area contributed by atoms with Crippen LogP contribution in [0.4, 0.5) is 0 Å². The molecule has 2 amide bonds. The lowest BCUT2D eigenvalue weighted by Crippen LogP contribution is -2.46. The third-order valence-electron chi connectivity index (χ3n) is 3.64. The van der Waals surface area contributed by atoms with Gasteiger partial charge in [0.1, 0.15) is 6.04 Å². The van der Waals surface area contributed by atoms with E-state index in [1.54, 1.807) is 4.90 Å². The minimum absolute atomic E-state index is 0.0254. The van der Waals surface area contributed by atoms with Crippen LogP contribution in [0, 0.1) is 0 Å². The van der Waals surface area contributed by atoms with E-state index in [0.29, 0.717) is 6.54 Å². The van der Waals surface area contributed by atoms with Gasteiger partial charge in [0.15, 0.2) is 0 Å². The minimum Gasteiger partial charge on any atom is -0.348 e. The fourth-order valence-corrected chi connectivity index (χ4v) is 2.51. The highest BCUT2D eigenvalue weighted by molar-refractivity contribution is 5.84. The second-order valence-electron chi connectivity index (χ2n) is 5.25. The first-order valence-corrected chi connectivity index (χ1v) is 8.74. The molecule has 1 fully saturated rings. The molecule has 0 radical (unpaired) electrons. The first-order valence-electron chi connectivity index (χ1n) is 8.74. The van der Waals surface area contributed by atoms with Crippen LogP contribution in [-0.2, 0) is 9.59 Å². The van der Waals surface area contributed by atoms with Crippen molar-refractivity contribution in [1.29, 1.82) is 0 Å². The fourth-order valence-electron chi connectivity index (χ4n) is 2.51. The van der Waals surface area contributed by atoms with Gasteiger partial charge in [0, 0.05) is 6.54 Å². The quantitative estimate of drug-likeness (QED) is 0.780. The lowest BCUT2D eigenvalue weighted by molar-refractivity contribution is -0.131. The van der Waals surface area contributed by atoms with E-state index in [1.807, 2.05) is 26.8 Å². The maximum absolute atomic E-state index is 12.1. The Morgan fingerprint density at radius 3 is 2.57 bits per heavy atom. The van der Waals surface area contributed by atoms with Gasteiger partial charge in [0.05, 0.1) is 6.04 Å². The van der Waals surface area contributed by atoms with Gasteiger partial charge in [-0.25, -0.2) is 0 Å². The van der Waals surface area contributed by atoms with Crippen molar-refractivity contribution in [2.45, 2.75) is 65.5 Å². The summed E-state index contributed by atoms with van der Waals surface area (Å²) in [5.41, 5.74) is 6.16. The Bertz CT molecular complexity index is 405. The molecule has 5 heteroatoms. The molecule has 3 N–H and O–H groups in total.